The Morgan fingerprint density at radius 2 is 1.88 bits per heavy atom. The van der Waals surface area contributed by atoms with E-state index in [1.165, 1.54) is 11.6 Å². The van der Waals surface area contributed by atoms with E-state index in [-0.39, 0.29) is 41.7 Å². The lowest BCUT2D eigenvalue weighted by atomic mass is 9.93. The number of nitrogens with zero attached hydrogens (tertiary/aromatic N) is 6. The Morgan fingerprint density at radius 3 is 2.69 bits per heavy atom. The number of hydrogen-bond acceptors (Lipinski definition) is 11. The SMILES string of the molecule is CNC(=O)COc1cc2cc(Nc3nc(N4CCC[C@H]4CNc4ccc5c(C6CCC(=O)NC6=O)nn(C)c5c4)ncc3Cl)ccc2n(C)c1=O. The number of rotatable bonds is 10. The average molecular weight is 713 g/mol. The first-order chi connectivity index (χ1) is 24.6. The Kier molecular flexibility index (Phi) is 9.21. The number of carbonyl (C=O) groups is 3. The summed E-state index contributed by atoms with van der Waals surface area (Å²) < 4.78 is 8.74. The number of ether oxygens (including phenoxy) is 1. The quantitative estimate of drug-likeness (QED) is 0.156. The van der Waals surface area contributed by atoms with Crippen molar-refractivity contribution < 1.29 is 19.1 Å². The van der Waals surface area contributed by atoms with Gasteiger partial charge in [0, 0.05) is 68.8 Å². The van der Waals surface area contributed by atoms with Gasteiger partial charge in [-0.2, -0.15) is 10.1 Å². The van der Waals surface area contributed by atoms with E-state index < -0.39 is 5.92 Å². The smallest absolute Gasteiger partial charge is 0.293 e. The monoisotopic (exact) mass is 712 g/mol. The van der Waals surface area contributed by atoms with Gasteiger partial charge in [0.2, 0.25) is 17.8 Å². The highest BCUT2D eigenvalue weighted by atomic mass is 35.5. The topological polar surface area (TPSA) is 177 Å². The number of pyridine rings is 1. The van der Waals surface area contributed by atoms with Gasteiger partial charge in [0.25, 0.3) is 11.5 Å². The van der Waals surface area contributed by atoms with E-state index in [9.17, 15) is 19.2 Å². The number of hydrogen-bond donors (Lipinski definition) is 4. The van der Waals surface area contributed by atoms with Gasteiger partial charge in [0.05, 0.1) is 28.8 Å². The van der Waals surface area contributed by atoms with Crippen molar-refractivity contribution in [2.75, 3.05) is 42.3 Å². The normalized spacial score (nSPS) is 17.5. The molecule has 2 fully saturated rings. The summed E-state index contributed by atoms with van der Waals surface area (Å²) in [5, 5.41) is 18.4. The lowest BCUT2D eigenvalue weighted by Gasteiger charge is -2.26. The van der Waals surface area contributed by atoms with E-state index in [1.54, 1.807) is 24.0 Å². The van der Waals surface area contributed by atoms with E-state index in [0.717, 1.165) is 41.4 Å². The predicted octanol–water partition coefficient (Wildman–Crippen LogP) is 3.34. The molecule has 2 atom stereocenters. The highest BCUT2D eigenvalue weighted by molar-refractivity contribution is 6.33. The first kappa shape index (κ1) is 33.8. The molecule has 5 heterocycles. The zero-order chi connectivity index (χ0) is 35.8. The molecular weight excluding hydrogens is 676 g/mol. The molecule has 4 N–H and O–H groups in total. The second kappa shape index (κ2) is 13.9. The second-order valence-electron chi connectivity index (χ2n) is 12.7. The van der Waals surface area contributed by atoms with Crippen LogP contribution in [-0.4, -0.2) is 74.8 Å². The maximum absolute atomic E-state index is 12.8. The fraction of sp³-hybridized carbons (Fsp3) is 0.343. The number of aryl methyl sites for hydroxylation is 2. The minimum absolute atomic E-state index is 0.0685. The van der Waals surface area contributed by atoms with Crippen LogP contribution < -0.4 is 36.5 Å². The summed E-state index contributed by atoms with van der Waals surface area (Å²) >= 11 is 6.56. The third-order valence-electron chi connectivity index (χ3n) is 9.45. The maximum Gasteiger partial charge on any atom is 0.293 e. The molecule has 2 aromatic carbocycles. The third-order valence-corrected chi connectivity index (χ3v) is 9.72. The molecule has 3 aromatic heterocycles. The van der Waals surface area contributed by atoms with Crippen LogP contribution in [0.2, 0.25) is 5.02 Å². The fourth-order valence-corrected chi connectivity index (χ4v) is 6.86. The Balaban J connectivity index is 1.06. The van der Waals surface area contributed by atoms with Gasteiger partial charge in [-0.1, -0.05) is 11.6 Å². The van der Waals surface area contributed by atoms with Crippen LogP contribution in [0.1, 0.15) is 37.3 Å². The van der Waals surface area contributed by atoms with Gasteiger partial charge >= 0.3 is 0 Å². The van der Waals surface area contributed by atoms with Crippen LogP contribution in [0.4, 0.5) is 23.1 Å². The van der Waals surface area contributed by atoms with E-state index >= 15 is 0 Å². The fourth-order valence-electron chi connectivity index (χ4n) is 6.72. The standard InChI is InChI=1S/C35H37ClN10O5/c1-37-30(48)18-51-28-14-19-13-21(7-10-26(19)44(2)34(28)50)40-32-25(36)17-39-35(42-32)46-12-4-5-22(46)16-38-20-6-8-23-27(15-20)45(3)43-31(23)24-9-11-29(47)41-33(24)49/h6-8,10,13-15,17,22,24,38H,4-5,9,11-12,16,18H2,1-3H3,(H,37,48)(H,39,40,42)(H,41,47,49)/t22-,24?/m0/s1. The van der Waals surface area contributed by atoms with Crippen molar-refractivity contribution >= 4 is 74.3 Å². The summed E-state index contributed by atoms with van der Waals surface area (Å²) in [4.78, 5) is 60.2. The Morgan fingerprint density at radius 1 is 1.06 bits per heavy atom. The molecule has 15 nitrogen and oxygen atoms in total. The van der Waals surface area contributed by atoms with Crippen LogP contribution in [0, 0.1) is 0 Å². The molecular formula is C35H37ClN10O5. The number of anilines is 4. The lowest BCUT2D eigenvalue weighted by Crippen LogP contribution is -2.39. The zero-order valence-electron chi connectivity index (χ0n) is 28.3. The van der Waals surface area contributed by atoms with Crippen LogP contribution in [0.3, 0.4) is 0 Å². The number of halogens is 1. The molecule has 2 saturated heterocycles. The number of carbonyl (C=O) groups excluding carboxylic acids is 3. The number of nitrogens with one attached hydrogen (secondary N) is 4. The van der Waals surface area contributed by atoms with Gasteiger partial charge < -0.3 is 30.2 Å². The molecule has 2 aliphatic rings. The van der Waals surface area contributed by atoms with Crippen molar-refractivity contribution in [3.8, 4) is 5.75 Å². The summed E-state index contributed by atoms with van der Waals surface area (Å²) in [5.41, 5.74) is 3.53. The third kappa shape index (κ3) is 6.76. The van der Waals surface area contributed by atoms with E-state index in [0.29, 0.717) is 53.1 Å². The molecule has 0 aliphatic carbocycles. The van der Waals surface area contributed by atoms with E-state index in [2.05, 4.69) is 36.2 Å². The molecule has 3 amide bonds. The van der Waals surface area contributed by atoms with Crippen LogP contribution >= 0.6 is 11.6 Å². The van der Waals surface area contributed by atoms with Crippen molar-refractivity contribution in [2.45, 2.75) is 37.6 Å². The average Bonchev–Trinajstić information content (AvgIpc) is 3.73. The molecule has 2 aliphatic heterocycles. The Hall–Kier alpha value is -5.70. The molecule has 5 aromatic rings. The van der Waals surface area contributed by atoms with Crippen molar-refractivity contribution in [3.05, 3.63) is 69.7 Å². The summed E-state index contributed by atoms with van der Waals surface area (Å²) in [6.45, 7) is 1.16. The van der Waals surface area contributed by atoms with E-state index in [1.807, 2.05) is 43.4 Å². The zero-order valence-corrected chi connectivity index (χ0v) is 29.1. The molecule has 0 saturated carbocycles. The van der Waals surface area contributed by atoms with Crippen molar-refractivity contribution in [1.29, 1.82) is 0 Å². The van der Waals surface area contributed by atoms with Crippen LogP contribution in [0.25, 0.3) is 21.8 Å². The van der Waals surface area contributed by atoms with Crippen LogP contribution in [-0.2, 0) is 28.5 Å². The number of likely N-dealkylation sites (N-methyl/N-ethyl adjacent to an activating group) is 1. The Bertz CT molecular complexity index is 2250. The number of benzene rings is 2. The molecule has 0 radical (unpaired) electrons. The van der Waals surface area contributed by atoms with Crippen molar-refractivity contribution in [2.24, 2.45) is 14.1 Å². The molecule has 264 valence electrons. The number of aromatic nitrogens is 5. The minimum atomic E-state index is -0.457. The number of piperidine rings is 1. The summed E-state index contributed by atoms with van der Waals surface area (Å²) in [7, 11) is 5.00. The molecule has 0 bridgehead atoms. The largest absolute Gasteiger partial charge is 0.478 e. The molecule has 7 rings (SSSR count). The van der Waals surface area contributed by atoms with Crippen molar-refractivity contribution in [1.82, 2.24) is 34.9 Å². The maximum atomic E-state index is 12.8. The van der Waals surface area contributed by atoms with Crippen LogP contribution in [0.15, 0.2) is 53.5 Å². The van der Waals surface area contributed by atoms with Crippen LogP contribution in [0.5, 0.6) is 5.75 Å². The first-order valence-electron chi connectivity index (χ1n) is 16.7. The van der Waals surface area contributed by atoms with E-state index in [4.69, 9.17) is 21.3 Å². The van der Waals surface area contributed by atoms with Gasteiger partial charge in [0.15, 0.2) is 18.2 Å². The van der Waals surface area contributed by atoms with Gasteiger partial charge in [-0.3, -0.25) is 29.2 Å². The summed E-state index contributed by atoms with van der Waals surface area (Å²) in [6.07, 6.45) is 4.25. The highest BCUT2D eigenvalue weighted by Gasteiger charge is 2.32. The number of imide groups is 1. The van der Waals surface area contributed by atoms with Crippen molar-refractivity contribution in [3.63, 3.8) is 0 Å². The minimum Gasteiger partial charge on any atom is -0.478 e. The molecule has 0 spiro atoms. The molecule has 16 heteroatoms. The number of fused-ring (bicyclic) bond motifs is 2. The molecule has 51 heavy (non-hydrogen) atoms. The second-order valence-corrected chi connectivity index (χ2v) is 13.1. The van der Waals surface area contributed by atoms with Gasteiger partial charge in [-0.15, -0.1) is 0 Å². The highest BCUT2D eigenvalue weighted by Crippen LogP contribution is 2.33. The van der Waals surface area contributed by atoms with Gasteiger partial charge in [-0.05, 0) is 61.7 Å². The van der Waals surface area contributed by atoms with Gasteiger partial charge in [0.1, 0.15) is 5.02 Å². The Labute approximate surface area is 297 Å². The van der Waals surface area contributed by atoms with Gasteiger partial charge in [-0.25, -0.2) is 4.98 Å². The molecule has 1 unspecified atom stereocenters. The lowest BCUT2D eigenvalue weighted by molar-refractivity contribution is -0.134. The predicted molar refractivity (Wildman–Crippen MR) is 194 cm³/mol. The first-order valence-corrected chi connectivity index (χ1v) is 17.0. The summed E-state index contributed by atoms with van der Waals surface area (Å²) in [5.74, 6) is -0.291. The summed E-state index contributed by atoms with van der Waals surface area (Å²) in [6, 6.07) is 13.2. The number of amides is 3.